The number of methoxy groups -OCH3 is 2. The van der Waals surface area contributed by atoms with Gasteiger partial charge in [-0.2, -0.15) is 0 Å². The average Bonchev–Trinajstić information content (AvgIpc) is 3.36. The minimum Gasteiger partial charge on any atom is -0.493 e. The van der Waals surface area contributed by atoms with Gasteiger partial charge in [0, 0.05) is 37.9 Å². The van der Waals surface area contributed by atoms with Gasteiger partial charge in [-0.05, 0) is 67.2 Å². The van der Waals surface area contributed by atoms with Crippen LogP contribution >= 0.6 is 0 Å². The van der Waals surface area contributed by atoms with Crippen molar-refractivity contribution in [1.29, 1.82) is 0 Å². The zero-order valence-corrected chi connectivity index (χ0v) is 21.2. The number of hydrogen-bond acceptors (Lipinski definition) is 5. The van der Waals surface area contributed by atoms with Crippen molar-refractivity contribution in [2.24, 2.45) is 11.8 Å². The highest BCUT2D eigenvalue weighted by atomic mass is 16.5. The second-order valence-electron chi connectivity index (χ2n) is 9.18. The Hall–Kier alpha value is -3.35. The molecule has 6 nitrogen and oxygen atoms in total. The third kappa shape index (κ3) is 6.65. The molecule has 190 valence electrons. The first-order valence-corrected chi connectivity index (χ1v) is 12.6. The summed E-state index contributed by atoms with van der Waals surface area (Å²) in [5.41, 5.74) is 2.80. The van der Waals surface area contributed by atoms with E-state index < -0.39 is 0 Å². The molecule has 1 amide bonds. The SMILES string of the molecule is COCCCOc1cc(C(=O)N(C[C@H]2CNC[C@@H]2Cc2ccccc2)c2ccccc2)ccc1OC. The second kappa shape index (κ2) is 13.1. The predicted molar refractivity (Wildman–Crippen MR) is 143 cm³/mol. The predicted octanol–water partition coefficient (Wildman–Crippen LogP) is 4.84. The molecule has 0 unspecified atom stereocenters. The molecule has 1 heterocycles. The topological polar surface area (TPSA) is 60.0 Å². The molecule has 2 atom stereocenters. The third-order valence-corrected chi connectivity index (χ3v) is 6.71. The average molecular weight is 489 g/mol. The highest BCUT2D eigenvalue weighted by molar-refractivity contribution is 6.06. The van der Waals surface area contributed by atoms with Crippen molar-refractivity contribution >= 4 is 11.6 Å². The summed E-state index contributed by atoms with van der Waals surface area (Å²) in [7, 11) is 3.28. The summed E-state index contributed by atoms with van der Waals surface area (Å²) < 4.78 is 16.5. The number of amides is 1. The highest BCUT2D eigenvalue weighted by Crippen LogP contribution is 2.31. The van der Waals surface area contributed by atoms with Crippen LogP contribution in [0.15, 0.2) is 78.9 Å². The summed E-state index contributed by atoms with van der Waals surface area (Å²) in [4.78, 5) is 15.8. The van der Waals surface area contributed by atoms with Crippen LogP contribution in [0.25, 0.3) is 0 Å². The van der Waals surface area contributed by atoms with Crippen molar-refractivity contribution in [1.82, 2.24) is 5.32 Å². The van der Waals surface area contributed by atoms with Crippen LogP contribution in [0.4, 0.5) is 5.69 Å². The van der Waals surface area contributed by atoms with Crippen molar-refractivity contribution in [3.63, 3.8) is 0 Å². The first-order chi connectivity index (χ1) is 17.7. The Bertz CT molecular complexity index is 1090. The van der Waals surface area contributed by atoms with Gasteiger partial charge in [0.2, 0.25) is 0 Å². The fourth-order valence-corrected chi connectivity index (χ4v) is 4.77. The summed E-state index contributed by atoms with van der Waals surface area (Å²) in [6.07, 6.45) is 1.75. The zero-order chi connectivity index (χ0) is 25.2. The van der Waals surface area contributed by atoms with E-state index in [9.17, 15) is 4.79 Å². The number of anilines is 1. The molecular weight excluding hydrogens is 452 g/mol. The Morgan fingerprint density at radius 3 is 2.33 bits per heavy atom. The molecule has 0 radical (unpaired) electrons. The maximum Gasteiger partial charge on any atom is 0.258 e. The lowest BCUT2D eigenvalue weighted by Crippen LogP contribution is -2.38. The summed E-state index contributed by atoms with van der Waals surface area (Å²) in [5.74, 6) is 1.94. The molecule has 1 N–H and O–H groups in total. The van der Waals surface area contributed by atoms with E-state index in [1.807, 2.05) is 47.4 Å². The fraction of sp³-hybridized carbons (Fsp3) is 0.367. The van der Waals surface area contributed by atoms with E-state index in [0.717, 1.165) is 31.6 Å². The van der Waals surface area contributed by atoms with Gasteiger partial charge >= 0.3 is 0 Å². The Morgan fingerprint density at radius 1 is 0.889 bits per heavy atom. The Kier molecular flexibility index (Phi) is 9.36. The van der Waals surface area contributed by atoms with Crippen LogP contribution in [0, 0.1) is 11.8 Å². The van der Waals surface area contributed by atoms with Crippen molar-refractivity contribution < 1.29 is 19.0 Å². The number of carbonyl (C=O) groups is 1. The lowest BCUT2D eigenvalue weighted by atomic mass is 9.89. The summed E-state index contributed by atoms with van der Waals surface area (Å²) in [6.45, 7) is 3.59. The van der Waals surface area contributed by atoms with E-state index in [4.69, 9.17) is 14.2 Å². The van der Waals surface area contributed by atoms with E-state index in [2.05, 4.69) is 29.6 Å². The van der Waals surface area contributed by atoms with Gasteiger partial charge in [0.05, 0.1) is 13.7 Å². The Balaban J connectivity index is 1.55. The number of hydrogen-bond donors (Lipinski definition) is 1. The molecule has 6 heteroatoms. The molecule has 36 heavy (non-hydrogen) atoms. The molecule has 1 saturated heterocycles. The van der Waals surface area contributed by atoms with Gasteiger partial charge in [0.15, 0.2) is 11.5 Å². The summed E-state index contributed by atoms with van der Waals surface area (Å²) in [6, 6.07) is 25.9. The summed E-state index contributed by atoms with van der Waals surface area (Å²) in [5, 5.41) is 3.55. The molecule has 4 rings (SSSR count). The van der Waals surface area contributed by atoms with Crippen LogP contribution in [0.2, 0.25) is 0 Å². The standard InChI is InChI=1S/C30H36N2O4/c1-34-16-9-17-36-29-19-24(14-15-28(29)35-2)30(33)32(27-12-7-4-8-13-27)22-26-21-31-20-25(26)18-23-10-5-3-6-11-23/h3-8,10-15,19,25-26,31H,9,16-18,20-22H2,1-2H3/t25-,26+/m0/s1. The van der Waals surface area contributed by atoms with Gasteiger partial charge in [0.1, 0.15) is 0 Å². The number of ether oxygens (including phenoxy) is 3. The normalized spacial score (nSPS) is 17.1. The molecular formula is C30H36N2O4. The number of rotatable bonds is 12. The third-order valence-electron chi connectivity index (χ3n) is 6.71. The minimum atomic E-state index is -0.0454. The first kappa shape index (κ1) is 25.7. The monoisotopic (exact) mass is 488 g/mol. The van der Waals surface area contributed by atoms with Crippen LogP contribution in [-0.4, -0.2) is 53.0 Å². The quantitative estimate of drug-likeness (QED) is 0.370. The Morgan fingerprint density at radius 2 is 1.61 bits per heavy atom. The number of para-hydroxylation sites is 1. The lowest BCUT2D eigenvalue weighted by Gasteiger charge is -2.29. The van der Waals surface area contributed by atoms with Gasteiger partial charge < -0.3 is 24.4 Å². The molecule has 0 aromatic heterocycles. The molecule has 1 aliphatic heterocycles. The molecule has 0 bridgehead atoms. The van der Waals surface area contributed by atoms with E-state index in [0.29, 0.717) is 48.7 Å². The van der Waals surface area contributed by atoms with Crippen molar-refractivity contribution in [2.75, 3.05) is 52.0 Å². The van der Waals surface area contributed by atoms with Crippen molar-refractivity contribution in [3.8, 4) is 11.5 Å². The minimum absolute atomic E-state index is 0.0454. The number of nitrogens with one attached hydrogen (secondary N) is 1. The van der Waals surface area contributed by atoms with E-state index in [-0.39, 0.29) is 5.91 Å². The van der Waals surface area contributed by atoms with E-state index in [1.165, 1.54) is 5.56 Å². The molecule has 0 saturated carbocycles. The lowest BCUT2D eigenvalue weighted by molar-refractivity contribution is 0.0980. The van der Waals surface area contributed by atoms with Crippen LogP contribution in [-0.2, 0) is 11.2 Å². The van der Waals surface area contributed by atoms with Crippen molar-refractivity contribution in [3.05, 3.63) is 90.0 Å². The fourth-order valence-electron chi connectivity index (χ4n) is 4.77. The maximum absolute atomic E-state index is 13.9. The molecule has 0 spiro atoms. The van der Waals surface area contributed by atoms with Crippen LogP contribution in [0.3, 0.4) is 0 Å². The van der Waals surface area contributed by atoms with Crippen LogP contribution < -0.4 is 19.7 Å². The van der Waals surface area contributed by atoms with Gasteiger partial charge in [-0.3, -0.25) is 4.79 Å². The molecule has 3 aromatic rings. The van der Waals surface area contributed by atoms with Gasteiger partial charge in [0.25, 0.3) is 5.91 Å². The van der Waals surface area contributed by atoms with Crippen LogP contribution in [0.5, 0.6) is 11.5 Å². The second-order valence-corrected chi connectivity index (χ2v) is 9.18. The van der Waals surface area contributed by atoms with Gasteiger partial charge in [-0.25, -0.2) is 0 Å². The van der Waals surface area contributed by atoms with E-state index >= 15 is 0 Å². The molecule has 1 aliphatic rings. The van der Waals surface area contributed by atoms with Crippen molar-refractivity contribution in [2.45, 2.75) is 12.8 Å². The van der Waals surface area contributed by atoms with Crippen LogP contribution in [0.1, 0.15) is 22.3 Å². The number of nitrogens with zero attached hydrogens (tertiary/aromatic N) is 1. The molecule has 0 aliphatic carbocycles. The summed E-state index contributed by atoms with van der Waals surface area (Å²) >= 11 is 0. The number of benzene rings is 3. The first-order valence-electron chi connectivity index (χ1n) is 12.6. The number of carbonyl (C=O) groups excluding carboxylic acids is 1. The zero-order valence-electron chi connectivity index (χ0n) is 21.2. The smallest absolute Gasteiger partial charge is 0.258 e. The maximum atomic E-state index is 13.9. The largest absolute Gasteiger partial charge is 0.493 e. The highest BCUT2D eigenvalue weighted by Gasteiger charge is 2.31. The molecule has 1 fully saturated rings. The Labute approximate surface area is 214 Å². The van der Waals surface area contributed by atoms with Gasteiger partial charge in [-0.1, -0.05) is 48.5 Å². The van der Waals surface area contributed by atoms with Gasteiger partial charge in [-0.15, -0.1) is 0 Å². The molecule has 3 aromatic carbocycles. The van der Waals surface area contributed by atoms with E-state index in [1.54, 1.807) is 26.4 Å².